The molecular formula is C14H20ClN. The maximum atomic E-state index is 6.11. The van der Waals surface area contributed by atoms with E-state index in [0.717, 1.165) is 6.42 Å². The molecule has 0 aliphatic heterocycles. The standard InChI is InChI=1S/C14H20ClN/c1-10(2)8-13-12-7-5-3-4-6-11(12)9-14(15)16-13/h9-10H,3-8H2,1-2H3. The number of hydrogen-bond donors (Lipinski definition) is 0. The number of fused-ring (bicyclic) bond motifs is 1. The maximum absolute atomic E-state index is 6.11. The lowest BCUT2D eigenvalue weighted by molar-refractivity contribution is 0.627. The van der Waals surface area contributed by atoms with Gasteiger partial charge in [0.2, 0.25) is 0 Å². The molecule has 0 radical (unpaired) electrons. The highest BCUT2D eigenvalue weighted by Crippen LogP contribution is 2.26. The zero-order valence-electron chi connectivity index (χ0n) is 10.2. The molecule has 2 rings (SSSR count). The topological polar surface area (TPSA) is 12.9 Å². The van der Waals surface area contributed by atoms with Crippen LogP contribution in [0, 0.1) is 5.92 Å². The second kappa shape index (κ2) is 5.18. The fraction of sp³-hybridized carbons (Fsp3) is 0.643. The van der Waals surface area contributed by atoms with Crippen LogP contribution in [-0.2, 0) is 19.3 Å². The third-order valence-corrected chi connectivity index (χ3v) is 3.44. The molecule has 1 aromatic heterocycles. The highest BCUT2D eigenvalue weighted by atomic mass is 35.5. The van der Waals surface area contributed by atoms with E-state index in [1.54, 1.807) is 0 Å². The smallest absolute Gasteiger partial charge is 0.129 e. The zero-order valence-corrected chi connectivity index (χ0v) is 11.0. The molecule has 1 nitrogen and oxygen atoms in total. The van der Waals surface area contributed by atoms with Crippen LogP contribution in [0.3, 0.4) is 0 Å². The van der Waals surface area contributed by atoms with Gasteiger partial charge in [-0.25, -0.2) is 4.98 Å². The van der Waals surface area contributed by atoms with Crippen molar-refractivity contribution >= 4 is 11.6 Å². The monoisotopic (exact) mass is 237 g/mol. The van der Waals surface area contributed by atoms with Crippen molar-refractivity contribution in [3.05, 3.63) is 28.0 Å². The van der Waals surface area contributed by atoms with Gasteiger partial charge in [-0.2, -0.15) is 0 Å². The molecule has 16 heavy (non-hydrogen) atoms. The molecule has 1 aliphatic rings. The summed E-state index contributed by atoms with van der Waals surface area (Å²) in [4.78, 5) is 4.53. The van der Waals surface area contributed by atoms with Crippen molar-refractivity contribution in [1.82, 2.24) is 4.98 Å². The zero-order chi connectivity index (χ0) is 11.5. The molecule has 1 heterocycles. The van der Waals surface area contributed by atoms with Crippen molar-refractivity contribution in [2.45, 2.75) is 52.4 Å². The number of rotatable bonds is 2. The van der Waals surface area contributed by atoms with Crippen molar-refractivity contribution in [3.63, 3.8) is 0 Å². The van der Waals surface area contributed by atoms with Crippen molar-refractivity contribution in [2.75, 3.05) is 0 Å². The Morgan fingerprint density at radius 3 is 2.75 bits per heavy atom. The number of halogens is 1. The molecule has 1 aromatic rings. The van der Waals surface area contributed by atoms with Gasteiger partial charge in [-0.05, 0) is 55.2 Å². The molecule has 0 saturated heterocycles. The Balaban J connectivity index is 2.38. The molecule has 1 aliphatic carbocycles. The first-order valence-electron chi connectivity index (χ1n) is 6.34. The minimum atomic E-state index is 0.651. The van der Waals surface area contributed by atoms with E-state index in [-0.39, 0.29) is 0 Å². The van der Waals surface area contributed by atoms with Crippen LogP contribution in [0.5, 0.6) is 0 Å². The number of aromatic nitrogens is 1. The molecule has 88 valence electrons. The highest BCUT2D eigenvalue weighted by Gasteiger charge is 2.15. The van der Waals surface area contributed by atoms with Gasteiger partial charge in [-0.3, -0.25) is 0 Å². The van der Waals surface area contributed by atoms with E-state index in [9.17, 15) is 0 Å². The molecule has 2 heteroatoms. The van der Waals surface area contributed by atoms with Crippen LogP contribution in [0.1, 0.15) is 49.9 Å². The summed E-state index contributed by atoms with van der Waals surface area (Å²) in [5, 5.41) is 0.677. The highest BCUT2D eigenvalue weighted by molar-refractivity contribution is 6.29. The van der Waals surface area contributed by atoms with Crippen molar-refractivity contribution in [1.29, 1.82) is 0 Å². The summed E-state index contributed by atoms with van der Waals surface area (Å²) in [7, 11) is 0. The lowest BCUT2D eigenvalue weighted by Gasteiger charge is -2.13. The fourth-order valence-electron chi connectivity index (χ4n) is 2.52. The molecule has 0 aromatic carbocycles. The third kappa shape index (κ3) is 2.76. The average Bonchev–Trinajstić information content (AvgIpc) is 2.41. The Labute approximate surface area is 103 Å². The van der Waals surface area contributed by atoms with E-state index in [0.29, 0.717) is 11.1 Å². The van der Waals surface area contributed by atoms with E-state index in [4.69, 9.17) is 11.6 Å². The summed E-state index contributed by atoms with van der Waals surface area (Å²) >= 11 is 6.11. The van der Waals surface area contributed by atoms with Gasteiger partial charge in [0, 0.05) is 5.69 Å². The fourth-order valence-corrected chi connectivity index (χ4v) is 2.76. The molecule has 0 unspecified atom stereocenters. The summed E-state index contributed by atoms with van der Waals surface area (Å²) in [6.07, 6.45) is 7.39. The molecule has 0 amide bonds. The van der Waals surface area contributed by atoms with Gasteiger partial charge in [0.05, 0.1) is 0 Å². The predicted molar refractivity (Wildman–Crippen MR) is 69.0 cm³/mol. The van der Waals surface area contributed by atoms with Crippen LogP contribution >= 0.6 is 11.6 Å². The van der Waals surface area contributed by atoms with Crippen molar-refractivity contribution in [3.8, 4) is 0 Å². The molecule has 0 atom stereocenters. The van der Waals surface area contributed by atoms with Crippen LogP contribution < -0.4 is 0 Å². The first-order chi connectivity index (χ1) is 7.66. The van der Waals surface area contributed by atoms with Gasteiger partial charge in [0.15, 0.2) is 0 Å². The number of hydrogen-bond acceptors (Lipinski definition) is 1. The Bertz CT molecular complexity index is 371. The van der Waals surface area contributed by atoms with Gasteiger partial charge in [-0.15, -0.1) is 0 Å². The van der Waals surface area contributed by atoms with E-state index in [1.165, 1.54) is 48.9 Å². The van der Waals surface area contributed by atoms with Crippen LogP contribution in [0.15, 0.2) is 6.07 Å². The Kier molecular flexibility index (Phi) is 3.86. The Morgan fingerprint density at radius 1 is 1.25 bits per heavy atom. The maximum Gasteiger partial charge on any atom is 0.129 e. The molecule has 0 N–H and O–H groups in total. The SMILES string of the molecule is CC(C)Cc1nc(Cl)cc2c1CCCCC2. The minimum absolute atomic E-state index is 0.651. The average molecular weight is 238 g/mol. The van der Waals surface area contributed by atoms with E-state index in [1.807, 2.05) is 0 Å². The van der Waals surface area contributed by atoms with Gasteiger partial charge in [-0.1, -0.05) is 31.9 Å². The van der Waals surface area contributed by atoms with E-state index < -0.39 is 0 Å². The molecule has 0 bridgehead atoms. The quantitative estimate of drug-likeness (QED) is 0.555. The summed E-state index contributed by atoms with van der Waals surface area (Å²) in [6, 6.07) is 2.08. The van der Waals surface area contributed by atoms with E-state index in [2.05, 4.69) is 24.9 Å². The number of pyridine rings is 1. The van der Waals surface area contributed by atoms with Crippen LogP contribution in [0.25, 0.3) is 0 Å². The Morgan fingerprint density at radius 2 is 2.00 bits per heavy atom. The van der Waals surface area contributed by atoms with Gasteiger partial charge >= 0.3 is 0 Å². The number of nitrogens with zero attached hydrogens (tertiary/aromatic N) is 1. The molecule has 0 spiro atoms. The molecule has 0 saturated carbocycles. The molecule has 0 fully saturated rings. The van der Waals surface area contributed by atoms with Gasteiger partial charge in [0.25, 0.3) is 0 Å². The summed E-state index contributed by atoms with van der Waals surface area (Å²) in [5.74, 6) is 0.651. The lowest BCUT2D eigenvalue weighted by Crippen LogP contribution is -2.05. The largest absolute Gasteiger partial charge is 0.241 e. The first-order valence-corrected chi connectivity index (χ1v) is 6.72. The second-order valence-corrected chi connectivity index (χ2v) is 5.58. The Hall–Kier alpha value is -0.560. The van der Waals surface area contributed by atoms with Crippen LogP contribution in [-0.4, -0.2) is 4.98 Å². The van der Waals surface area contributed by atoms with E-state index >= 15 is 0 Å². The summed E-state index contributed by atoms with van der Waals surface area (Å²) in [6.45, 7) is 4.48. The van der Waals surface area contributed by atoms with Gasteiger partial charge in [0.1, 0.15) is 5.15 Å². The second-order valence-electron chi connectivity index (χ2n) is 5.19. The lowest BCUT2D eigenvalue weighted by atomic mass is 9.97. The predicted octanol–water partition coefficient (Wildman–Crippen LogP) is 4.20. The normalized spacial score (nSPS) is 16.0. The van der Waals surface area contributed by atoms with Crippen molar-refractivity contribution < 1.29 is 0 Å². The van der Waals surface area contributed by atoms with Crippen LogP contribution in [0.2, 0.25) is 5.15 Å². The van der Waals surface area contributed by atoms with Gasteiger partial charge < -0.3 is 0 Å². The number of aryl methyl sites for hydroxylation is 1. The van der Waals surface area contributed by atoms with Crippen molar-refractivity contribution in [2.24, 2.45) is 5.92 Å². The molecular weight excluding hydrogens is 218 g/mol. The summed E-state index contributed by atoms with van der Waals surface area (Å²) in [5.41, 5.74) is 4.20. The van der Waals surface area contributed by atoms with Crippen LogP contribution in [0.4, 0.5) is 0 Å². The first kappa shape index (κ1) is 11.9. The summed E-state index contributed by atoms with van der Waals surface area (Å²) < 4.78 is 0. The third-order valence-electron chi connectivity index (χ3n) is 3.25. The minimum Gasteiger partial charge on any atom is -0.241 e.